The van der Waals surface area contributed by atoms with Gasteiger partial charge in [0, 0.05) is 44.0 Å². The maximum atomic E-state index is 12.2. The quantitative estimate of drug-likeness (QED) is 0.811. The molecule has 6 heteroatoms. The Morgan fingerprint density at radius 1 is 1.08 bits per heavy atom. The number of rotatable bonds is 6. The largest absolute Gasteiger partial charge is 0.336 e. The van der Waals surface area contributed by atoms with E-state index in [4.69, 9.17) is 0 Å². The highest BCUT2D eigenvalue weighted by atomic mass is 16.1. The average Bonchev–Trinajstić information content (AvgIpc) is 3.32. The molecule has 1 aliphatic carbocycles. The van der Waals surface area contributed by atoms with Gasteiger partial charge < -0.3 is 9.47 Å². The highest BCUT2D eigenvalue weighted by molar-refractivity contribution is 5.12. The monoisotopic (exact) mass is 327 g/mol. The topological polar surface area (TPSA) is 56.0 Å². The van der Waals surface area contributed by atoms with Crippen LogP contribution < -0.4 is 5.56 Å². The molecule has 0 bridgehead atoms. The molecular weight excluding hydrogens is 302 g/mol. The maximum absolute atomic E-state index is 12.2. The molecule has 1 saturated carbocycles. The van der Waals surface area contributed by atoms with Gasteiger partial charge in [0.2, 0.25) is 0 Å². The van der Waals surface area contributed by atoms with Gasteiger partial charge in [0.15, 0.2) is 0 Å². The molecule has 1 saturated heterocycles. The van der Waals surface area contributed by atoms with Gasteiger partial charge in [-0.2, -0.15) is 0 Å². The summed E-state index contributed by atoms with van der Waals surface area (Å²) >= 11 is 0. The summed E-state index contributed by atoms with van der Waals surface area (Å²) < 4.78 is 3.93. The molecule has 4 rings (SSSR count). The normalized spacial score (nSPS) is 19.7. The molecule has 3 heterocycles. The Morgan fingerprint density at radius 2 is 1.92 bits per heavy atom. The fourth-order valence-electron chi connectivity index (χ4n) is 3.53. The molecule has 6 nitrogen and oxygen atoms in total. The Bertz CT molecular complexity index is 711. The van der Waals surface area contributed by atoms with E-state index in [-0.39, 0.29) is 5.56 Å². The molecule has 24 heavy (non-hydrogen) atoms. The van der Waals surface area contributed by atoms with E-state index in [0.717, 1.165) is 51.3 Å². The third kappa shape index (κ3) is 3.75. The van der Waals surface area contributed by atoms with Gasteiger partial charge in [0.05, 0.1) is 18.3 Å². The molecule has 0 N–H and O–H groups in total. The molecule has 0 spiro atoms. The summed E-state index contributed by atoms with van der Waals surface area (Å²) in [6.07, 6.45) is 12.2. The molecule has 2 aromatic heterocycles. The fourth-order valence-corrected chi connectivity index (χ4v) is 3.53. The molecule has 2 fully saturated rings. The van der Waals surface area contributed by atoms with Crippen LogP contribution in [0.4, 0.5) is 0 Å². The van der Waals surface area contributed by atoms with Crippen LogP contribution in [-0.4, -0.2) is 43.6 Å². The van der Waals surface area contributed by atoms with Gasteiger partial charge in [-0.25, -0.2) is 9.97 Å². The number of hydrogen-bond donors (Lipinski definition) is 0. The van der Waals surface area contributed by atoms with Crippen molar-refractivity contribution in [1.82, 2.24) is 24.0 Å². The van der Waals surface area contributed by atoms with Crippen LogP contribution in [0.5, 0.6) is 0 Å². The minimum absolute atomic E-state index is 0.120. The number of piperidine rings is 1. The second kappa shape index (κ2) is 6.89. The average molecular weight is 327 g/mol. The van der Waals surface area contributed by atoms with Gasteiger partial charge in [-0.3, -0.25) is 9.36 Å². The number of imidazole rings is 1. The van der Waals surface area contributed by atoms with Crippen molar-refractivity contribution in [2.45, 2.75) is 44.7 Å². The van der Waals surface area contributed by atoms with Crippen molar-refractivity contribution in [2.24, 2.45) is 5.92 Å². The summed E-state index contributed by atoms with van der Waals surface area (Å²) in [5.74, 6) is 1.13. The van der Waals surface area contributed by atoms with Crippen molar-refractivity contribution >= 4 is 0 Å². The van der Waals surface area contributed by atoms with E-state index < -0.39 is 0 Å². The van der Waals surface area contributed by atoms with Gasteiger partial charge >= 0.3 is 0 Å². The molecular formula is C18H25N5O. The lowest BCUT2D eigenvalue weighted by molar-refractivity contribution is 0.168. The Kier molecular flexibility index (Phi) is 4.47. The van der Waals surface area contributed by atoms with Crippen LogP contribution in [0.15, 0.2) is 35.9 Å². The highest BCUT2D eigenvalue weighted by Gasteiger charge is 2.26. The molecule has 0 amide bonds. The van der Waals surface area contributed by atoms with E-state index in [9.17, 15) is 4.79 Å². The summed E-state index contributed by atoms with van der Waals surface area (Å²) in [5.41, 5.74) is 1.11. The van der Waals surface area contributed by atoms with Crippen molar-refractivity contribution < 1.29 is 0 Å². The summed E-state index contributed by atoms with van der Waals surface area (Å²) in [6, 6.07) is 1.75. The van der Waals surface area contributed by atoms with Crippen molar-refractivity contribution in [2.75, 3.05) is 19.6 Å². The van der Waals surface area contributed by atoms with Crippen LogP contribution in [0, 0.1) is 5.92 Å². The lowest BCUT2D eigenvalue weighted by Gasteiger charge is -2.32. The summed E-state index contributed by atoms with van der Waals surface area (Å²) in [5, 5.41) is 0. The first-order valence-corrected chi connectivity index (χ1v) is 9.02. The third-order valence-corrected chi connectivity index (χ3v) is 5.29. The van der Waals surface area contributed by atoms with Crippen LogP contribution in [0.1, 0.15) is 37.3 Å². The Morgan fingerprint density at radius 3 is 2.58 bits per heavy atom. The first-order chi connectivity index (χ1) is 11.8. The number of nitrogens with zero attached hydrogens (tertiary/aromatic N) is 5. The van der Waals surface area contributed by atoms with Crippen molar-refractivity contribution in [3.05, 3.63) is 47.2 Å². The van der Waals surface area contributed by atoms with Gasteiger partial charge in [0.1, 0.15) is 0 Å². The van der Waals surface area contributed by atoms with E-state index in [0.29, 0.717) is 11.8 Å². The number of likely N-dealkylation sites (tertiary alicyclic amines) is 1. The molecule has 2 aromatic rings. The zero-order valence-corrected chi connectivity index (χ0v) is 14.0. The van der Waals surface area contributed by atoms with Crippen LogP contribution in [0.25, 0.3) is 0 Å². The van der Waals surface area contributed by atoms with Gasteiger partial charge in [-0.1, -0.05) is 0 Å². The second-order valence-corrected chi connectivity index (χ2v) is 7.16. The SMILES string of the molecule is O=c1cc(C2CC2)ncn1CC1CCN(CCn2ccnc2)CC1. The van der Waals surface area contributed by atoms with E-state index in [1.165, 1.54) is 12.8 Å². The minimum atomic E-state index is 0.120. The fraction of sp³-hybridized carbons (Fsp3) is 0.611. The molecule has 1 aliphatic heterocycles. The molecule has 128 valence electrons. The van der Waals surface area contributed by atoms with Crippen molar-refractivity contribution in [3.8, 4) is 0 Å². The smallest absolute Gasteiger partial charge is 0.253 e. The Balaban J connectivity index is 1.26. The Labute approximate surface area is 142 Å². The van der Waals surface area contributed by atoms with Crippen LogP contribution in [0.2, 0.25) is 0 Å². The van der Waals surface area contributed by atoms with E-state index in [1.54, 1.807) is 17.0 Å². The van der Waals surface area contributed by atoms with Gasteiger partial charge in [0.25, 0.3) is 5.56 Å². The molecule has 0 aromatic carbocycles. The maximum Gasteiger partial charge on any atom is 0.253 e. The molecule has 0 atom stereocenters. The summed E-state index contributed by atoms with van der Waals surface area (Å²) in [4.78, 5) is 23.3. The van der Waals surface area contributed by atoms with Gasteiger partial charge in [-0.15, -0.1) is 0 Å². The number of aromatic nitrogens is 4. The first-order valence-electron chi connectivity index (χ1n) is 9.02. The Hall–Kier alpha value is -1.95. The number of hydrogen-bond acceptors (Lipinski definition) is 4. The zero-order chi connectivity index (χ0) is 16.4. The van der Waals surface area contributed by atoms with Crippen molar-refractivity contribution in [3.63, 3.8) is 0 Å². The predicted octanol–water partition coefficient (Wildman–Crippen LogP) is 1.73. The summed E-state index contributed by atoms with van der Waals surface area (Å²) in [7, 11) is 0. The van der Waals surface area contributed by atoms with E-state index >= 15 is 0 Å². The molecule has 0 radical (unpaired) electrons. The third-order valence-electron chi connectivity index (χ3n) is 5.29. The highest BCUT2D eigenvalue weighted by Crippen LogP contribution is 2.38. The van der Waals surface area contributed by atoms with Crippen molar-refractivity contribution in [1.29, 1.82) is 0 Å². The lowest BCUT2D eigenvalue weighted by atomic mass is 9.96. The standard InChI is InChI=1S/C18H25N5O/c24-18-11-17(16-1-2-16)20-14-23(18)12-15-3-6-21(7-4-15)9-10-22-8-5-19-13-22/h5,8,11,13-16H,1-4,6-7,9-10,12H2. The lowest BCUT2D eigenvalue weighted by Crippen LogP contribution is -2.37. The van der Waals surface area contributed by atoms with Gasteiger partial charge in [-0.05, 0) is 44.7 Å². The molecule has 2 aliphatic rings. The zero-order valence-electron chi connectivity index (χ0n) is 14.0. The predicted molar refractivity (Wildman–Crippen MR) is 91.9 cm³/mol. The van der Waals surface area contributed by atoms with Crippen LogP contribution >= 0.6 is 0 Å². The van der Waals surface area contributed by atoms with Crippen LogP contribution in [0.3, 0.4) is 0 Å². The first kappa shape index (κ1) is 15.6. The summed E-state index contributed by atoms with van der Waals surface area (Å²) in [6.45, 7) is 5.10. The van der Waals surface area contributed by atoms with E-state index in [1.807, 2.05) is 18.7 Å². The minimum Gasteiger partial charge on any atom is -0.336 e. The van der Waals surface area contributed by atoms with Crippen LogP contribution in [-0.2, 0) is 13.1 Å². The van der Waals surface area contributed by atoms with E-state index in [2.05, 4.69) is 19.4 Å². The second-order valence-electron chi connectivity index (χ2n) is 7.16. The molecule has 0 unspecified atom stereocenters.